The Morgan fingerprint density at radius 2 is 1.84 bits per heavy atom. The second-order valence-electron chi connectivity index (χ2n) is 4.47. The fourth-order valence-corrected chi connectivity index (χ4v) is 2.46. The number of anilines is 1. The van der Waals surface area contributed by atoms with E-state index < -0.39 is 0 Å². The highest BCUT2D eigenvalue weighted by atomic mass is 15.3. The van der Waals surface area contributed by atoms with Gasteiger partial charge in [-0.05, 0) is 18.2 Å². The molecule has 0 saturated heterocycles. The molecule has 0 radical (unpaired) electrons. The van der Waals surface area contributed by atoms with Crippen molar-refractivity contribution in [3.05, 3.63) is 42.6 Å². The lowest BCUT2D eigenvalue weighted by Gasteiger charge is -2.04. The number of para-hydroxylation sites is 1. The quantitative estimate of drug-likeness (QED) is 0.453. The van der Waals surface area contributed by atoms with Crippen molar-refractivity contribution in [3.8, 4) is 11.1 Å². The van der Waals surface area contributed by atoms with Crippen molar-refractivity contribution in [2.24, 2.45) is 0 Å². The Kier molecular flexibility index (Phi) is 1.91. The van der Waals surface area contributed by atoms with Crippen LogP contribution < -0.4 is 5.73 Å². The maximum absolute atomic E-state index is 6.21. The lowest BCUT2D eigenvalue weighted by Crippen LogP contribution is -1.91. The van der Waals surface area contributed by atoms with Crippen LogP contribution in [0, 0.1) is 0 Å². The highest BCUT2D eigenvalue weighted by Crippen LogP contribution is 2.35. The van der Waals surface area contributed by atoms with Crippen LogP contribution in [0.2, 0.25) is 0 Å². The van der Waals surface area contributed by atoms with Crippen molar-refractivity contribution in [2.75, 3.05) is 5.73 Å². The first-order valence-corrected chi connectivity index (χ1v) is 6.00. The Morgan fingerprint density at radius 1 is 0.947 bits per heavy atom. The van der Waals surface area contributed by atoms with E-state index >= 15 is 0 Å². The average molecular weight is 249 g/mol. The predicted octanol–water partition coefficient (Wildman–Crippen LogP) is 2.69. The summed E-state index contributed by atoms with van der Waals surface area (Å²) >= 11 is 0. The van der Waals surface area contributed by atoms with E-state index in [4.69, 9.17) is 5.73 Å². The number of aromatic nitrogens is 4. The van der Waals surface area contributed by atoms with Gasteiger partial charge in [0.2, 0.25) is 0 Å². The Bertz CT molecular complexity index is 887. The maximum atomic E-state index is 6.21. The van der Waals surface area contributed by atoms with Crippen LogP contribution in [0.5, 0.6) is 0 Å². The summed E-state index contributed by atoms with van der Waals surface area (Å²) < 4.78 is 0. The van der Waals surface area contributed by atoms with Crippen molar-refractivity contribution < 1.29 is 0 Å². The topological polar surface area (TPSA) is 83.4 Å². The number of fused-ring (bicyclic) bond motifs is 2. The molecule has 92 valence electrons. The zero-order chi connectivity index (χ0) is 12.8. The lowest BCUT2D eigenvalue weighted by atomic mass is 10.0. The first kappa shape index (κ1) is 10.1. The van der Waals surface area contributed by atoms with Gasteiger partial charge in [-0.15, -0.1) is 0 Å². The zero-order valence-corrected chi connectivity index (χ0v) is 10.0. The number of rotatable bonds is 1. The van der Waals surface area contributed by atoms with Crippen LogP contribution in [-0.4, -0.2) is 20.4 Å². The molecule has 0 aliphatic carbocycles. The van der Waals surface area contributed by atoms with Crippen molar-refractivity contribution in [1.29, 1.82) is 0 Å². The fraction of sp³-hybridized carbons (Fsp3) is 0. The number of aromatic amines is 2. The van der Waals surface area contributed by atoms with Crippen LogP contribution in [-0.2, 0) is 0 Å². The number of benzene rings is 2. The molecule has 0 unspecified atom stereocenters. The van der Waals surface area contributed by atoms with Crippen LogP contribution in [0.15, 0.2) is 42.6 Å². The van der Waals surface area contributed by atoms with Crippen molar-refractivity contribution in [3.63, 3.8) is 0 Å². The first-order chi connectivity index (χ1) is 9.34. The summed E-state index contributed by atoms with van der Waals surface area (Å²) in [5, 5.41) is 11.9. The summed E-state index contributed by atoms with van der Waals surface area (Å²) in [6.07, 6.45) is 1.97. The van der Waals surface area contributed by atoms with Gasteiger partial charge >= 0.3 is 0 Å². The monoisotopic (exact) mass is 249 g/mol. The highest BCUT2D eigenvalue weighted by Gasteiger charge is 2.12. The number of H-pyrrole nitrogens is 2. The summed E-state index contributed by atoms with van der Waals surface area (Å²) in [6, 6.07) is 12.1. The van der Waals surface area contributed by atoms with Crippen LogP contribution >= 0.6 is 0 Å². The van der Waals surface area contributed by atoms with E-state index in [1.165, 1.54) is 0 Å². The second kappa shape index (κ2) is 3.58. The van der Waals surface area contributed by atoms with Crippen LogP contribution in [0.3, 0.4) is 0 Å². The van der Waals surface area contributed by atoms with E-state index in [2.05, 4.69) is 26.5 Å². The number of hydrogen-bond donors (Lipinski definition) is 3. The number of nitrogens with zero attached hydrogens (tertiary/aromatic N) is 2. The fourth-order valence-electron chi connectivity index (χ4n) is 2.46. The predicted molar refractivity (Wildman–Crippen MR) is 75.6 cm³/mol. The Morgan fingerprint density at radius 3 is 2.79 bits per heavy atom. The van der Waals surface area contributed by atoms with Gasteiger partial charge in [0.05, 0.1) is 5.69 Å². The molecule has 0 aliphatic heterocycles. The smallest absolute Gasteiger partial charge is 0.136 e. The summed E-state index contributed by atoms with van der Waals surface area (Å²) in [5.74, 6) is 0. The minimum absolute atomic E-state index is 0.649. The van der Waals surface area contributed by atoms with Gasteiger partial charge in [-0.1, -0.05) is 18.2 Å². The standard InChI is InChI=1S/C14H11N5/c15-13-9(5-6-12-14(13)18-19-17-12)10-7-16-11-4-2-1-3-8(10)11/h1-7,16H,15H2,(H,17,18,19). The van der Waals surface area contributed by atoms with Gasteiger partial charge in [0.15, 0.2) is 0 Å². The second-order valence-corrected chi connectivity index (χ2v) is 4.47. The molecule has 4 aromatic rings. The zero-order valence-electron chi connectivity index (χ0n) is 10.0. The SMILES string of the molecule is Nc1c(-c2c[nH]c3ccccc23)ccc2n[nH]nc12. The lowest BCUT2D eigenvalue weighted by molar-refractivity contribution is 0.960. The van der Waals surface area contributed by atoms with Crippen molar-refractivity contribution in [2.45, 2.75) is 0 Å². The van der Waals surface area contributed by atoms with E-state index in [-0.39, 0.29) is 0 Å². The Hall–Kier alpha value is -2.82. The van der Waals surface area contributed by atoms with E-state index in [1.807, 2.05) is 36.5 Å². The molecule has 0 spiro atoms. The van der Waals surface area contributed by atoms with Gasteiger partial charge in [-0.25, -0.2) is 0 Å². The molecular weight excluding hydrogens is 238 g/mol. The maximum Gasteiger partial charge on any atom is 0.136 e. The molecule has 4 rings (SSSR count). The normalized spacial score (nSPS) is 11.4. The molecule has 0 saturated carbocycles. The Balaban J connectivity index is 2.06. The largest absolute Gasteiger partial charge is 0.396 e. The number of hydrogen-bond acceptors (Lipinski definition) is 3. The highest BCUT2D eigenvalue weighted by molar-refractivity contribution is 6.03. The minimum Gasteiger partial charge on any atom is -0.396 e. The summed E-state index contributed by atoms with van der Waals surface area (Å²) in [4.78, 5) is 3.26. The Labute approximate surface area is 108 Å². The van der Waals surface area contributed by atoms with E-state index in [1.54, 1.807) is 0 Å². The third-order valence-corrected chi connectivity index (χ3v) is 3.41. The molecular formula is C14H11N5. The molecule has 19 heavy (non-hydrogen) atoms. The molecule has 0 fully saturated rings. The van der Waals surface area contributed by atoms with Crippen LogP contribution in [0.25, 0.3) is 33.1 Å². The molecule has 0 atom stereocenters. The van der Waals surface area contributed by atoms with Gasteiger partial charge in [-0.3, -0.25) is 0 Å². The molecule has 0 bridgehead atoms. The molecule has 4 N–H and O–H groups in total. The molecule has 2 heterocycles. The van der Waals surface area contributed by atoms with Crippen LogP contribution in [0.4, 0.5) is 5.69 Å². The first-order valence-electron chi connectivity index (χ1n) is 6.00. The summed E-state index contributed by atoms with van der Waals surface area (Å²) in [7, 11) is 0. The molecule has 5 nitrogen and oxygen atoms in total. The number of nitrogen functional groups attached to an aromatic ring is 1. The van der Waals surface area contributed by atoms with Gasteiger partial charge in [-0.2, -0.15) is 15.4 Å². The van der Waals surface area contributed by atoms with Crippen LogP contribution in [0.1, 0.15) is 0 Å². The minimum atomic E-state index is 0.649. The number of nitrogens with one attached hydrogen (secondary N) is 2. The number of nitrogens with two attached hydrogens (primary N) is 1. The summed E-state index contributed by atoms with van der Waals surface area (Å²) in [5.41, 5.74) is 11.5. The van der Waals surface area contributed by atoms with Gasteiger partial charge < -0.3 is 10.7 Å². The van der Waals surface area contributed by atoms with Crippen molar-refractivity contribution in [1.82, 2.24) is 20.4 Å². The average Bonchev–Trinajstić information content (AvgIpc) is 3.06. The van der Waals surface area contributed by atoms with Crippen molar-refractivity contribution >= 4 is 27.6 Å². The van der Waals surface area contributed by atoms with Gasteiger partial charge in [0.1, 0.15) is 11.0 Å². The van der Waals surface area contributed by atoms with E-state index in [9.17, 15) is 0 Å². The van der Waals surface area contributed by atoms with Gasteiger partial charge in [0, 0.05) is 28.2 Å². The molecule has 0 amide bonds. The van der Waals surface area contributed by atoms with E-state index in [0.29, 0.717) is 11.2 Å². The third-order valence-electron chi connectivity index (χ3n) is 3.41. The molecule has 5 heteroatoms. The summed E-state index contributed by atoms with van der Waals surface area (Å²) in [6.45, 7) is 0. The molecule has 0 aliphatic rings. The van der Waals surface area contributed by atoms with E-state index in [0.717, 1.165) is 27.5 Å². The molecule has 2 aromatic carbocycles. The third kappa shape index (κ3) is 1.35. The van der Waals surface area contributed by atoms with Gasteiger partial charge in [0.25, 0.3) is 0 Å². The molecule has 2 aromatic heterocycles.